The van der Waals surface area contributed by atoms with E-state index in [9.17, 15) is 0 Å². The maximum atomic E-state index is 5.79. The van der Waals surface area contributed by atoms with Gasteiger partial charge in [0.1, 0.15) is 0 Å². The van der Waals surface area contributed by atoms with Crippen molar-refractivity contribution in [2.24, 2.45) is 0 Å². The van der Waals surface area contributed by atoms with E-state index in [1.807, 2.05) is 12.1 Å². The smallest absolute Gasteiger partial charge is 0.154 e. The van der Waals surface area contributed by atoms with Crippen molar-refractivity contribution in [1.29, 1.82) is 0 Å². The lowest BCUT2D eigenvalue weighted by atomic mass is 10.1. The van der Waals surface area contributed by atoms with Gasteiger partial charge in [0.2, 0.25) is 0 Å². The predicted molar refractivity (Wildman–Crippen MR) is 68.7 cm³/mol. The molecule has 0 radical (unpaired) electrons. The van der Waals surface area contributed by atoms with E-state index in [4.69, 9.17) is 11.6 Å². The summed E-state index contributed by atoms with van der Waals surface area (Å²) in [5.74, 6) is 0. The van der Waals surface area contributed by atoms with E-state index in [-0.39, 0.29) is 0 Å². The summed E-state index contributed by atoms with van der Waals surface area (Å²) >= 11 is 9.13. The average molecular weight is 298 g/mol. The summed E-state index contributed by atoms with van der Waals surface area (Å²) in [6.07, 6.45) is 0.768. The van der Waals surface area contributed by atoms with Crippen LogP contribution in [0.4, 0.5) is 0 Å². The van der Waals surface area contributed by atoms with E-state index in [1.54, 1.807) is 0 Å². The fraction of sp³-hybridized carbons (Fsp3) is 0.167. The molecule has 0 aliphatic carbocycles. The minimum absolute atomic E-state index is 0.396. The minimum Gasteiger partial charge on any atom is -0.154 e. The highest BCUT2D eigenvalue weighted by atomic mass is 79.9. The van der Waals surface area contributed by atoms with Gasteiger partial charge >= 0.3 is 0 Å². The Bertz CT molecular complexity index is 514. The first-order valence-electron chi connectivity index (χ1n) is 4.88. The van der Waals surface area contributed by atoms with Gasteiger partial charge in [0, 0.05) is 6.42 Å². The van der Waals surface area contributed by atoms with Crippen LogP contribution in [-0.4, -0.2) is 10.2 Å². The molecule has 0 spiro atoms. The Kier molecular flexibility index (Phi) is 3.56. The summed E-state index contributed by atoms with van der Waals surface area (Å²) in [6, 6.07) is 10.2. The number of nitrogens with zero attached hydrogens (tertiary/aromatic N) is 2. The number of aryl methyl sites for hydroxylation is 1. The van der Waals surface area contributed by atoms with Crippen molar-refractivity contribution in [2.75, 3.05) is 0 Å². The van der Waals surface area contributed by atoms with Gasteiger partial charge in [0.05, 0.1) is 10.2 Å². The van der Waals surface area contributed by atoms with Crippen LogP contribution in [0.3, 0.4) is 0 Å². The largest absolute Gasteiger partial charge is 0.165 e. The summed E-state index contributed by atoms with van der Waals surface area (Å²) in [4.78, 5) is 0. The van der Waals surface area contributed by atoms with E-state index in [0.29, 0.717) is 5.15 Å². The van der Waals surface area contributed by atoms with Gasteiger partial charge in [-0.25, -0.2) is 0 Å². The lowest BCUT2D eigenvalue weighted by molar-refractivity contribution is 0.931. The van der Waals surface area contributed by atoms with Crippen LogP contribution in [0.5, 0.6) is 0 Å². The number of hydrogen-bond donors (Lipinski definition) is 0. The number of hydrogen-bond acceptors (Lipinski definition) is 2. The molecule has 0 aliphatic rings. The number of aromatic nitrogens is 2. The maximum absolute atomic E-state index is 5.79. The molecular formula is C12H10BrClN2. The van der Waals surface area contributed by atoms with E-state index in [0.717, 1.165) is 16.6 Å². The van der Waals surface area contributed by atoms with Gasteiger partial charge in [0.25, 0.3) is 0 Å². The van der Waals surface area contributed by atoms with Crippen LogP contribution in [0, 0.1) is 6.92 Å². The van der Waals surface area contributed by atoms with E-state index in [1.165, 1.54) is 11.1 Å². The zero-order valence-electron chi connectivity index (χ0n) is 8.74. The molecule has 2 rings (SSSR count). The molecule has 0 N–H and O–H groups in total. The summed E-state index contributed by atoms with van der Waals surface area (Å²) < 4.78 is 0.784. The predicted octanol–water partition coefficient (Wildman–Crippen LogP) is 3.79. The third kappa shape index (κ3) is 2.80. The quantitative estimate of drug-likeness (QED) is 0.843. The van der Waals surface area contributed by atoms with Crippen molar-refractivity contribution in [3.8, 4) is 0 Å². The molecule has 4 heteroatoms. The van der Waals surface area contributed by atoms with E-state index >= 15 is 0 Å². The number of halogens is 2. The van der Waals surface area contributed by atoms with Gasteiger partial charge in [-0.2, -0.15) is 5.10 Å². The third-order valence-corrected chi connectivity index (χ3v) is 3.34. The zero-order valence-corrected chi connectivity index (χ0v) is 11.1. The monoisotopic (exact) mass is 296 g/mol. The Morgan fingerprint density at radius 3 is 2.75 bits per heavy atom. The first-order valence-corrected chi connectivity index (χ1v) is 6.05. The Hall–Kier alpha value is -0.930. The van der Waals surface area contributed by atoms with Crippen LogP contribution in [0.1, 0.15) is 16.8 Å². The Morgan fingerprint density at radius 2 is 2.06 bits per heavy atom. The number of benzene rings is 1. The molecular weight excluding hydrogens is 288 g/mol. The van der Waals surface area contributed by atoms with Gasteiger partial charge in [-0.15, -0.1) is 5.10 Å². The maximum Gasteiger partial charge on any atom is 0.165 e. The Balaban J connectivity index is 2.24. The van der Waals surface area contributed by atoms with Crippen LogP contribution in [-0.2, 0) is 6.42 Å². The van der Waals surface area contributed by atoms with Crippen molar-refractivity contribution < 1.29 is 0 Å². The molecule has 82 valence electrons. The molecule has 0 amide bonds. The molecule has 0 bridgehead atoms. The van der Waals surface area contributed by atoms with Gasteiger partial charge < -0.3 is 0 Å². The molecule has 0 saturated carbocycles. The molecule has 2 aromatic rings. The van der Waals surface area contributed by atoms with Crippen LogP contribution < -0.4 is 0 Å². The highest BCUT2D eigenvalue weighted by molar-refractivity contribution is 9.10. The van der Waals surface area contributed by atoms with Crippen LogP contribution in [0.15, 0.2) is 34.8 Å². The molecule has 0 aliphatic heterocycles. The van der Waals surface area contributed by atoms with Crippen molar-refractivity contribution >= 4 is 27.5 Å². The summed E-state index contributed by atoms with van der Waals surface area (Å²) in [5.41, 5.74) is 3.38. The SMILES string of the molecule is Cc1cccc(Cc2cc(Br)c(Cl)nn2)c1. The Morgan fingerprint density at radius 1 is 1.25 bits per heavy atom. The minimum atomic E-state index is 0.396. The zero-order chi connectivity index (χ0) is 11.5. The molecule has 0 fully saturated rings. The van der Waals surface area contributed by atoms with Crippen molar-refractivity contribution in [2.45, 2.75) is 13.3 Å². The topological polar surface area (TPSA) is 25.8 Å². The fourth-order valence-corrected chi connectivity index (χ4v) is 1.94. The molecule has 2 nitrogen and oxygen atoms in total. The van der Waals surface area contributed by atoms with Crippen LogP contribution >= 0.6 is 27.5 Å². The van der Waals surface area contributed by atoms with Gasteiger partial charge in [-0.1, -0.05) is 41.4 Å². The summed E-state index contributed by atoms with van der Waals surface area (Å²) in [6.45, 7) is 2.08. The lowest BCUT2D eigenvalue weighted by Crippen LogP contribution is -1.95. The lowest BCUT2D eigenvalue weighted by Gasteiger charge is -2.02. The van der Waals surface area contributed by atoms with E-state index < -0.39 is 0 Å². The van der Waals surface area contributed by atoms with Crippen LogP contribution in [0.25, 0.3) is 0 Å². The first kappa shape index (κ1) is 11.6. The average Bonchev–Trinajstić information content (AvgIpc) is 2.24. The molecule has 16 heavy (non-hydrogen) atoms. The van der Waals surface area contributed by atoms with Gasteiger partial charge in [-0.05, 0) is 34.5 Å². The van der Waals surface area contributed by atoms with Crippen molar-refractivity contribution in [3.05, 3.63) is 56.8 Å². The molecule has 1 aromatic carbocycles. The molecule has 0 unspecified atom stereocenters. The van der Waals surface area contributed by atoms with Gasteiger partial charge in [0.15, 0.2) is 5.15 Å². The van der Waals surface area contributed by atoms with E-state index in [2.05, 4.69) is 51.3 Å². The second-order valence-corrected chi connectivity index (χ2v) is 4.85. The summed E-state index contributed by atoms with van der Waals surface area (Å²) in [5, 5.41) is 8.31. The second-order valence-electron chi connectivity index (χ2n) is 3.64. The first-order chi connectivity index (χ1) is 7.65. The van der Waals surface area contributed by atoms with Crippen LogP contribution in [0.2, 0.25) is 5.15 Å². The summed E-state index contributed by atoms with van der Waals surface area (Å²) in [7, 11) is 0. The standard InChI is InChI=1S/C12H10BrClN2/c1-8-3-2-4-9(5-8)6-10-7-11(13)12(14)16-15-10/h2-5,7H,6H2,1H3. The molecule has 0 atom stereocenters. The normalized spacial score (nSPS) is 10.4. The third-order valence-electron chi connectivity index (χ3n) is 2.22. The van der Waals surface area contributed by atoms with Crippen molar-refractivity contribution in [1.82, 2.24) is 10.2 Å². The Labute approximate surface area is 108 Å². The highest BCUT2D eigenvalue weighted by Crippen LogP contribution is 2.20. The second kappa shape index (κ2) is 4.93. The number of rotatable bonds is 2. The van der Waals surface area contributed by atoms with Gasteiger partial charge in [-0.3, -0.25) is 0 Å². The molecule has 1 heterocycles. The fourth-order valence-electron chi connectivity index (χ4n) is 1.51. The van der Waals surface area contributed by atoms with Crippen molar-refractivity contribution in [3.63, 3.8) is 0 Å². The molecule has 1 aromatic heterocycles. The highest BCUT2D eigenvalue weighted by Gasteiger charge is 2.03. The molecule has 0 saturated heterocycles.